The number of hydrogen-bond acceptors (Lipinski definition) is 5. The number of hydrogen-bond donors (Lipinski definition) is 2. The Morgan fingerprint density at radius 1 is 1.19 bits per heavy atom. The zero-order valence-electron chi connectivity index (χ0n) is 19.1. The van der Waals surface area contributed by atoms with Gasteiger partial charge in [0, 0.05) is 57.2 Å². The van der Waals surface area contributed by atoms with Crippen LogP contribution < -0.4 is 10.6 Å². The highest BCUT2D eigenvalue weighted by atomic mass is 16.6. The second-order valence-corrected chi connectivity index (χ2v) is 9.51. The number of amides is 2. The molecule has 0 bridgehead atoms. The quantitative estimate of drug-likeness (QED) is 0.498. The fourth-order valence-corrected chi connectivity index (χ4v) is 5.64. The van der Waals surface area contributed by atoms with E-state index in [0.29, 0.717) is 43.7 Å². The molecule has 0 aromatic rings. The molecule has 0 aromatic carbocycles. The van der Waals surface area contributed by atoms with Gasteiger partial charge in [-0.15, -0.1) is 0 Å². The van der Waals surface area contributed by atoms with E-state index in [1.807, 2.05) is 6.92 Å². The third-order valence-electron chi connectivity index (χ3n) is 7.56. The normalized spacial score (nSPS) is 29.6. The van der Waals surface area contributed by atoms with Crippen LogP contribution in [0.1, 0.15) is 45.4 Å². The maximum absolute atomic E-state index is 12.2. The number of carbonyl (C=O) groups excluding carboxylic acids is 2. The average Bonchev–Trinajstić information content (AvgIpc) is 3.14. The van der Waals surface area contributed by atoms with Crippen molar-refractivity contribution in [2.45, 2.75) is 63.6 Å². The molecule has 1 spiro atoms. The topological polar surface area (TPSA) is 95.5 Å². The van der Waals surface area contributed by atoms with Crippen LogP contribution in [0.4, 0.5) is 4.79 Å². The first-order valence-electron chi connectivity index (χ1n) is 11.8. The monoisotopic (exact) mass is 435 g/mol. The van der Waals surface area contributed by atoms with Gasteiger partial charge in [-0.25, -0.2) is 9.79 Å². The third kappa shape index (κ3) is 4.33. The van der Waals surface area contributed by atoms with E-state index in [9.17, 15) is 9.59 Å². The third-order valence-corrected chi connectivity index (χ3v) is 7.56. The largest absolute Gasteiger partial charge is 0.450 e. The lowest BCUT2D eigenvalue weighted by molar-refractivity contribution is -0.171. The van der Waals surface area contributed by atoms with Crippen molar-refractivity contribution in [2.75, 3.05) is 46.9 Å². The van der Waals surface area contributed by atoms with Crippen LogP contribution in [0.5, 0.6) is 0 Å². The standard InChI is InChI=1S/C22H37N5O4/c1-4-30-21(29)27-11-6-15(7-12-27)24-20(23-14-17(28)26(2)3)25-18-16-8-13-31-19(16)22(18)9-5-10-22/h15-16,18-19H,4-14H2,1-3H3,(H2,23,24,25). The summed E-state index contributed by atoms with van der Waals surface area (Å²) in [6.45, 7) is 4.51. The smallest absolute Gasteiger partial charge is 0.409 e. The lowest BCUT2D eigenvalue weighted by Crippen LogP contribution is -2.72. The predicted octanol–water partition coefficient (Wildman–Crippen LogP) is 1.19. The Bertz CT molecular complexity index is 700. The highest BCUT2D eigenvalue weighted by Crippen LogP contribution is 2.62. The number of carbonyl (C=O) groups is 2. The van der Waals surface area contributed by atoms with E-state index < -0.39 is 0 Å². The van der Waals surface area contributed by atoms with Crippen LogP contribution in [-0.4, -0.2) is 92.9 Å². The summed E-state index contributed by atoms with van der Waals surface area (Å²) in [6, 6.07) is 0.563. The first-order chi connectivity index (χ1) is 14.9. The van der Waals surface area contributed by atoms with Crippen molar-refractivity contribution in [3.05, 3.63) is 0 Å². The molecule has 9 heteroatoms. The average molecular weight is 436 g/mol. The Balaban J connectivity index is 1.39. The summed E-state index contributed by atoms with van der Waals surface area (Å²) < 4.78 is 11.2. The van der Waals surface area contributed by atoms with E-state index in [-0.39, 0.29) is 30.0 Å². The van der Waals surface area contributed by atoms with Crippen LogP contribution >= 0.6 is 0 Å². The van der Waals surface area contributed by atoms with Crippen LogP contribution in [0, 0.1) is 11.3 Å². The molecule has 2 saturated heterocycles. The van der Waals surface area contributed by atoms with Gasteiger partial charge in [0.25, 0.3) is 0 Å². The molecule has 9 nitrogen and oxygen atoms in total. The molecule has 0 radical (unpaired) electrons. The highest BCUT2D eigenvalue weighted by molar-refractivity contribution is 5.85. The zero-order valence-corrected chi connectivity index (χ0v) is 19.1. The van der Waals surface area contributed by atoms with Gasteiger partial charge in [-0.1, -0.05) is 6.42 Å². The van der Waals surface area contributed by atoms with Gasteiger partial charge >= 0.3 is 6.09 Å². The van der Waals surface area contributed by atoms with Gasteiger partial charge in [0.15, 0.2) is 5.96 Å². The van der Waals surface area contributed by atoms with Gasteiger partial charge < -0.3 is 29.9 Å². The van der Waals surface area contributed by atoms with E-state index in [4.69, 9.17) is 9.47 Å². The molecular weight excluding hydrogens is 398 g/mol. The lowest BCUT2D eigenvalue weighted by Gasteiger charge is -2.63. The molecule has 4 fully saturated rings. The molecule has 2 N–H and O–H groups in total. The van der Waals surface area contributed by atoms with Crippen LogP contribution in [0.2, 0.25) is 0 Å². The summed E-state index contributed by atoms with van der Waals surface area (Å²) in [7, 11) is 3.50. The number of aliphatic imine (C=N–C) groups is 1. The summed E-state index contributed by atoms with van der Waals surface area (Å²) in [6.07, 6.45) is 6.55. The van der Waals surface area contributed by atoms with Gasteiger partial charge in [-0.2, -0.15) is 0 Å². The van der Waals surface area contributed by atoms with Gasteiger partial charge in [-0.3, -0.25) is 4.79 Å². The molecule has 2 amide bonds. The van der Waals surface area contributed by atoms with Gasteiger partial charge in [0.05, 0.1) is 12.7 Å². The maximum Gasteiger partial charge on any atom is 0.409 e. The number of likely N-dealkylation sites (tertiary alicyclic amines) is 1. The van der Waals surface area contributed by atoms with E-state index in [2.05, 4.69) is 15.6 Å². The fraction of sp³-hybridized carbons (Fsp3) is 0.864. The molecular formula is C22H37N5O4. The Morgan fingerprint density at radius 2 is 1.94 bits per heavy atom. The molecule has 2 heterocycles. The number of guanidine groups is 1. The van der Waals surface area contributed by atoms with Crippen molar-refractivity contribution in [1.29, 1.82) is 0 Å². The Morgan fingerprint density at radius 3 is 2.55 bits per heavy atom. The molecule has 2 aliphatic carbocycles. The first kappa shape index (κ1) is 22.2. The Labute approximate surface area is 184 Å². The number of nitrogens with zero attached hydrogens (tertiary/aromatic N) is 3. The van der Waals surface area contributed by atoms with E-state index in [1.54, 1.807) is 23.9 Å². The lowest BCUT2D eigenvalue weighted by atomic mass is 9.46. The maximum atomic E-state index is 12.2. The second kappa shape index (κ2) is 9.22. The molecule has 2 saturated carbocycles. The van der Waals surface area contributed by atoms with Gasteiger partial charge in [0.2, 0.25) is 5.91 Å². The molecule has 2 aliphatic heterocycles. The van der Waals surface area contributed by atoms with Crippen molar-refractivity contribution in [3.63, 3.8) is 0 Å². The van der Waals surface area contributed by atoms with Crippen LogP contribution in [0.3, 0.4) is 0 Å². The summed E-state index contributed by atoms with van der Waals surface area (Å²) in [5, 5.41) is 7.25. The van der Waals surface area contributed by atoms with Gasteiger partial charge in [-0.05, 0) is 39.0 Å². The Kier molecular flexibility index (Phi) is 6.60. The highest BCUT2D eigenvalue weighted by Gasteiger charge is 2.66. The van der Waals surface area contributed by atoms with E-state index in [1.165, 1.54) is 19.3 Å². The molecule has 174 valence electrons. The van der Waals surface area contributed by atoms with Crippen molar-refractivity contribution in [2.24, 2.45) is 16.3 Å². The Hall–Kier alpha value is -2.03. The second-order valence-electron chi connectivity index (χ2n) is 9.51. The number of likely N-dealkylation sites (N-methyl/N-ethyl adjacent to an activating group) is 1. The first-order valence-corrected chi connectivity index (χ1v) is 11.8. The number of fused-ring (bicyclic) bond motifs is 2. The number of rotatable bonds is 5. The van der Waals surface area contributed by atoms with Crippen molar-refractivity contribution < 1.29 is 19.1 Å². The summed E-state index contributed by atoms with van der Waals surface area (Å²) in [4.78, 5) is 32.1. The zero-order chi connectivity index (χ0) is 22.0. The summed E-state index contributed by atoms with van der Waals surface area (Å²) in [5.74, 6) is 1.22. The van der Waals surface area contributed by atoms with Crippen LogP contribution in [0.25, 0.3) is 0 Å². The van der Waals surface area contributed by atoms with Crippen molar-refractivity contribution in [3.8, 4) is 0 Å². The molecule has 31 heavy (non-hydrogen) atoms. The minimum Gasteiger partial charge on any atom is -0.450 e. The predicted molar refractivity (Wildman–Crippen MR) is 117 cm³/mol. The summed E-state index contributed by atoms with van der Waals surface area (Å²) in [5.41, 5.74) is 0.239. The minimum atomic E-state index is -0.238. The minimum absolute atomic E-state index is 0.0210. The van der Waals surface area contributed by atoms with E-state index >= 15 is 0 Å². The van der Waals surface area contributed by atoms with Crippen molar-refractivity contribution in [1.82, 2.24) is 20.4 Å². The SMILES string of the molecule is CCOC(=O)N1CCC(NC(=NCC(=O)N(C)C)NC2C3CCOC3C23CCC3)CC1. The number of piperidine rings is 1. The van der Waals surface area contributed by atoms with Gasteiger partial charge in [0.1, 0.15) is 6.54 Å². The molecule has 0 aromatic heterocycles. The number of nitrogens with one attached hydrogen (secondary N) is 2. The molecule has 4 rings (SSSR count). The molecule has 4 aliphatic rings. The number of ether oxygens (including phenoxy) is 2. The van der Waals surface area contributed by atoms with Crippen LogP contribution in [0.15, 0.2) is 4.99 Å². The fourth-order valence-electron chi connectivity index (χ4n) is 5.64. The molecule has 3 atom stereocenters. The van der Waals surface area contributed by atoms with Crippen molar-refractivity contribution >= 4 is 18.0 Å². The van der Waals surface area contributed by atoms with Crippen LogP contribution in [-0.2, 0) is 14.3 Å². The molecule has 3 unspecified atom stereocenters. The summed E-state index contributed by atoms with van der Waals surface area (Å²) >= 11 is 0. The van der Waals surface area contributed by atoms with E-state index in [0.717, 1.165) is 25.9 Å².